The number of aryl methyl sites for hydroxylation is 1. The van der Waals surface area contributed by atoms with Gasteiger partial charge >= 0.3 is 0 Å². The highest BCUT2D eigenvalue weighted by Gasteiger charge is 2.29. The summed E-state index contributed by atoms with van der Waals surface area (Å²) in [5.74, 6) is -0.0983. The van der Waals surface area contributed by atoms with E-state index in [0.717, 1.165) is 44.3 Å². The maximum atomic E-state index is 11.3. The predicted octanol–water partition coefficient (Wildman–Crippen LogP) is 0.807. The number of carbonyl (C=O) groups is 1. The van der Waals surface area contributed by atoms with E-state index in [1.165, 1.54) is 6.42 Å². The van der Waals surface area contributed by atoms with Gasteiger partial charge in [0.15, 0.2) is 5.69 Å². The molecule has 0 atom stereocenters. The van der Waals surface area contributed by atoms with E-state index < -0.39 is 5.91 Å². The molecule has 6 heteroatoms. The normalized spacial score (nSPS) is 15.6. The molecule has 18 heavy (non-hydrogen) atoms. The van der Waals surface area contributed by atoms with Crippen LogP contribution in [-0.4, -0.2) is 32.6 Å². The summed E-state index contributed by atoms with van der Waals surface area (Å²) in [5.41, 5.74) is 6.58. The van der Waals surface area contributed by atoms with Gasteiger partial charge in [0.1, 0.15) is 0 Å². The molecule has 1 aromatic rings. The van der Waals surface area contributed by atoms with Crippen LogP contribution in [0.2, 0.25) is 0 Å². The monoisotopic (exact) mass is 252 g/mol. The topological polar surface area (TPSA) is 94.0 Å². The van der Waals surface area contributed by atoms with Gasteiger partial charge in [0, 0.05) is 19.1 Å². The Balaban J connectivity index is 2.06. The summed E-state index contributed by atoms with van der Waals surface area (Å²) in [6.07, 6.45) is 6.05. The Bertz CT molecular complexity index is 412. The van der Waals surface area contributed by atoms with Crippen molar-refractivity contribution in [3.8, 4) is 0 Å². The molecule has 1 fully saturated rings. The number of aliphatic hydroxyl groups is 1. The fourth-order valence-electron chi connectivity index (χ4n) is 2.30. The quantitative estimate of drug-likeness (QED) is 0.702. The van der Waals surface area contributed by atoms with E-state index in [2.05, 4.69) is 10.3 Å². The van der Waals surface area contributed by atoms with Crippen molar-refractivity contribution in [1.29, 1.82) is 0 Å². The minimum absolute atomic E-state index is 0.222. The van der Waals surface area contributed by atoms with Crippen LogP contribution in [0.3, 0.4) is 0 Å². The van der Waals surface area contributed by atoms with E-state index in [1.807, 2.05) is 4.68 Å². The maximum Gasteiger partial charge on any atom is 0.271 e. The van der Waals surface area contributed by atoms with Gasteiger partial charge in [-0.3, -0.25) is 4.79 Å². The lowest BCUT2D eigenvalue weighted by Crippen LogP contribution is -2.21. The van der Waals surface area contributed by atoms with Crippen molar-refractivity contribution in [3.05, 3.63) is 11.4 Å². The lowest BCUT2D eigenvalue weighted by Gasteiger charge is -2.26. The molecule has 100 valence electrons. The minimum atomic E-state index is -0.487. The second-order valence-corrected chi connectivity index (χ2v) is 4.82. The van der Waals surface area contributed by atoms with Crippen molar-refractivity contribution in [2.75, 3.05) is 6.61 Å². The molecule has 0 spiro atoms. The van der Waals surface area contributed by atoms with Crippen LogP contribution in [0.4, 0.5) is 0 Å². The molecule has 0 aromatic carbocycles. The predicted molar refractivity (Wildman–Crippen MR) is 66.1 cm³/mol. The standard InChI is InChI=1S/C12H20N4O2/c13-12(18)10-11(9-5-4-6-9)16(15-14-10)7-2-1-3-8-17/h9,17H,1-8H2,(H2,13,18). The number of aromatic nitrogens is 3. The van der Waals surface area contributed by atoms with Crippen molar-refractivity contribution >= 4 is 5.91 Å². The average molecular weight is 252 g/mol. The highest BCUT2D eigenvalue weighted by molar-refractivity contribution is 5.92. The molecular formula is C12H20N4O2. The third kappa shape index (κ3) is 2.69. The van der Waals surface area contributed by atoms with Crippen LogP contribution in [0.5, 0.6) is 0 Å². The van der Waals surface area contributed by atoms with Crippen LogP contribution in [-0.2, 0) is 6.54 Å². The van der Waals surface area contributed by atoms with Gasteiger partial charge < -0.3 is 10.8 Å². The van der Waals surface area contributed by atoms with Crippen molar-refractivity contribution in [2.45, 2.75) is 51.0 Å². The van der Waals surface area contributed by atoms with Gasteiger partial charge in [-0.25, -0.2) is 4.68 Å². The molecule has 0 radical (unpaired) electrons. The van der Waals surface area contributed by atoms with E-state index in [9.17, 15) is 4.79 Å². The number of primary amides is 1. The van der Waals surface area contributed by atoms with Gasteiger partial charge in [-0.15, -0.1) is 5.10 Å². The number of carbonyl (C=O) groups excluding carboxylic acids is 1. The van der Waals surface area contributed by atoms with Crippen LogP contribution >= 0.6 is 0 Å². The largest absolute Gasteiger partial charge is 0.396 e. The Morgan fingerprint density at radius 2 is 2.17 bits per heavy atom. The highest BCUT2D eigenvalue weighted by Crippen LogP contribution is 2.37. The van der Waals surface area contributed by atoms with E-state index in [1.54, 1.807) is 0 Å². The molecule has 0 saturated heterocycles. The summed E-state index contributed by atoms with van der Waals surface area (Å²) < 4.78 is 1.82. The Labute approximate surface area is 106 Å². The number of hydrogen-bond donors (Lipinski definition) is 2. The number of unbranched alkanes of at least 4 members (excludes halogenated alkanes) is 2. The smallest absolute Gasteiger partial charge is 0.271 e. The third-order valence-electron chi connectivity index (χ3n) is 3.53. The fraction of sp³-hybridized carbons (Fsp3) is 0.750. The Morgan fingerprint density at radius 3 is 2.72 bits per heavy atom. The average Bonchev–Trinajstić information content (AvgIpc) is 2.66. The zero-order valence-corrected chi connectivity index (χ0v) is 10.5. The molecule has 0 aliphatic heterocycles. The molecule has 1 heterocycles. The first kappa shape index (κ1) is 13.0. The van der Waals surface area contributed by atoms with E-state index in [-0.39, 0.29) is 6.61 Å². The SMILES string of the molecule is NC(=O)c1nnn(CCCCCO)c1C1CCC1. The van der Waals surface area contributed by atoms with E-state index in [0.29, 0.717) is 11.6 Å². The summed E-state index contributed by atoms with van der Waals surface area (Å²) in [5, 5.41) is 16.7. The van der Waals surface area contributed by atoms with Crippen molar-refractivity contribution < 1.29 is 9.90 Å². The van der Waals surface area contributed by atoms with Gasteiger partial charge in [-0.05, 0) is 32.1 Å². The van der Waals surface area contributed by atoms with Crippen LogP contribution in [0.1, 0.15) is 60.6 Å². The minimum Gasteiger partial charge on any atom is -0.396 e. The summed E-state index contributed by atoms with van der Waals surface area (Å²) in [6.45, 7) is 0.964. The number of amides is 1. The molecule has 0 unspecified atom stereocenters. The van der Waals surface area contributed by atoms with Crippen molar-refractivity contribution in [1.82, 2.24) is 15.0 Å². The lowest BCUT2D eigenvalue weighted by atomic mass is 9.82. The number of aliphatic hydroxyl groups excluding tert-OH is 1. The van der Waals surface area contributed by atoms with Crippen molar-refractivity contribution in [2.24, 2.45) is 5.73 Å². The summed E-state index contributed by atoms with van der Waals surface area (Å²) in [4.78, 5) is 11.3. The third-order valence-corrected chi connectivity index (χ3v) is 3.53. The van der Waals surface area contributed by atoms with Crippen LogP contribution < -0.4 is 5.73 Å². The Morgan fingerprint density at radius 1 is 1.39 bits per heavy atom. The number of nitrogens with zero attached hydrogens (tertiary/aromatic N) is 3. The number of hydrogen-bond acceptors (Lipinski definition) is 4. The van der Waals surface area contributed by atoms with Crippen LogP contribution in [0.15, 0.2) is 0 Å². The zero-order valence-electron chi connectivity index (χ0n) is 10.5. The summed E-state index contributed by atoms with van der Waals surface area (Å²) in [7, 11) is 0. The molecule has 1 saturated carbocycles. The molecule has 3 N–H and O–H groups in total. The molecule has 6 nitrogen and oxygen atoms in total. The van der Waals surface area contributed by atoms with Crippen molar-refractivity contribution in [3.63, 3.8) is 0 Å². The molecule has 2 rings (SSSR count). The number of nitrogens with two attached hydrogens (primary N) is 1. The molecular weight excluding hydrogens is 232 g/mol. The van der Waals surface area contributed by atoms with Crippen LogP contribution in [0.25, 0.3) is 0 Å². The van der Waals surface area contributed by atoms with Gasteiger partial charge in [0.2, 0.25) is 0 Å². The maximum absolute atomic E-state index is 11.3. The second-order valence-electron chi connectivity index (χ2n) is 4.82. The zero-order chi connectivity index (χ0) is 13.0. The first-order valence-electron chi connectivity index (χ1n) is 6.58. The molecule has 0 bridgehead atoms. The summed E-state index contributed by atoms with van der Waals surface area (Å²) in [6, 6.07) is 0. The Hall–Kier alpha value is -1.43. The van der Waals surface area contributed by atoms with E-state index in [4.69, 9.17) is 10.8 Å². The fourth-order valence-corrected chi connectivity index (χ4v) is 2.30. The van der Waals surface area contributed by atoms with Gasteiger partial charge in [-0.2, -0.15) is 0 Å². The van der Waals surface area contributed by atoms with Gasteiger partial charge in [0.25, 0.3) is 5.91 Å². The highest BCUT2D eigenvalue weighted by atomic mass is 16.2. The van der Waals surface area contributed by atoms with Gasteiger partial charge in [0.05, 0.1) is 5.69 Å². The molecule has 1 aliphatic carbocycles. The first-order chi connectivity index (χ1) is 8.74. The lowest BCUT2D eigenvalue weighted by molar-refractivity contribution is 0.0993. The second kappa shape index (κ2) is 5.95. The number of rotatable bonds is 7. The molecule has 1 amide bonds. The summed E-state index contributed by atoms with van der Waals surface area (Å²) >= 11 is 0. The van der Waals surface area contributed by atoms with Crippen LogP contribution in [0, 0.1) is 0 Å². The molecule has 1 aromatic heterocycles. The van der Waals surface area contributed by atoms with E-state index >= 15 is 0 Å². The first-order valence-corrected chi connectivity index (χ1v) is 6.58. The Kier molecular flexibility index (Phi) is 4.30. The van der Waals surface area contributed by atoms with Gasteiger partial charge in [-0.1, -0.05) is 11.6 Å². The molecule has 1 aliphatic rings.